The van der Waals surface area contributed by atoms with Gasteiger partial charge in [-0.25, -0.2) is 0 Å². The van der Waals surface area contributed by atoms with E-state index in [9.17, 15) is 9.59 Å². The first kappa shape index (κ1) is 12.9. The highest BCUT2D eigenvalue weighted by Crippen LogP contribution is 2.23. The number of amides is 2. The van der Waals surface area contributed by atoms with Crippen molar-refractivity contribution in [2.75, 3.05) is 8.61 Å². The standard InChI is InChI=1S/C10H12N2O2S2/c1-7(13)11(15)9-3-5-10(6-4-9)12(16)8(2)14/h3-6,15-16H,1-2H3. The van der Waals surface area contributed by atoms with E-state index in [0.717, 1.165) is 0 Å². The average molecular weight is 256 g/mol. The molecule has 0 bridgehead atoms. The molecule has 4 nitrogen and oxygen atoms in total. The number of hydrogen-bond donors (Lipinski definition) is 2. The summed E-state index contributed by atoms with van der Waals surface area (Å²) in [5.74, 6) is -0.351. The zero-order valence-electron chi connectivity index (χ0n) is 8.91. The number of carbonyl (C=O) groups is 2. The smallest absolute Gasteiger partial charge is 0.233 e. The maximum absolute atomic E-state index is 11.0. The third-order valence-corrected chi connectivity index (χ3v) is 2.96. The van der Waals surface area contributed by atoms with E-state index in [1.165, 1.54) is 22.5 Å². The van der Waals surface area contributed by atoms with Gasteiger partial charge in [-0.05, 0) is 24.3 Å². The van der Waals surface area contributed by atoms with Crippen molar-refractivity contribution in [3.05, 3.63) is 24.3 Å². The van der Waals surface area contributed by atoms with Crippen molar-refractivity contribution in [3.63, 3.8) is 0 Å². The number of carbonyl (C=O) groups excluding carboxylic acids is 2. The molecule has 6 heteroatoms. The highest BCUT2D eigenvalue weighted by Gasteiger charge is 2.09. The van der Waals surface area contributed by atoms with Crippen LogP contribution in [0.1, 0.15) is 13.8 Å². The minimum Gasteiger partial charge on any atom is -0.274 e. The molecule has 0 spiro atoms. The van der Waals surface area contributed by atoms with E-state index in [0.29, 0.717) is 11.4 Å². The van der Waals surface area contributed by atoms with Crippen molar-refractivity contribution in [1.29, 1.82) is 0 Å². The minimum atomic E-state index is -0.176. The maximum atomic E-state index is 11.0. The van der Waals surface area contributed by atoms with Gasteiger partial charge in [0.15, 0.2) is 0 Å². The third kappa shape index (κ3) is 2.93. The topological polar surface area (TPSA) is 40.6 Å². The fourth-order valence-corrected chi connectivity index (χ4v) is 1.37. The number of hydrogen-bond acceptors (Lipinski definition) is 4. The molecule has 0 aromatic heterocycles. The molecule has 0 unspecified atom stereocenters. The van der Waals surface area contributed by atoms with E-state index in [1.807, 2.05) is 0 Å². The lowest BCUT2D eigenvalue weighted by Crippen LogP contribution is -2.18. The van der Waals surface area contributed by atoms with Crippen molar-refractivity contribution in [3.8, 4) is 0 Å². The summed E-state index contributed by atoms with van der Waals surface area (Å²) in [4.78, 5) is 22.1. The predicted molar refractivity (Wildman–Crippen MR) is 70.7 cm³/mol. The quantitative estimate of drug-likeness (QED) is 0.795. The fraction of sp³-hybridized carbons (Fsp3) is 0.200. The van der Waals surface area contributed by atoms with E-state index in [1.54, 1.807) is 24.3 Å². The largest absolute Gasteiger partial charge is 0.274 e. The number of nitrogens with zero attached hydrogens (tertiary/aromatic N) is 2. The molecule has 86 valence electrons. The summed E-state index contributed by atoms with van der Waals surface area (Å²) < 4.78 is 2.45. The van der Waals surface area contributed by atoms with Gasteiger partial charge in [-0.2, -0.15) is 0 Å². The monoisotopic (exact) mass is 256 g/mol. The Morgan fingerprint density at radius 2 is 1.12 bits per heavy atom. The fourth-order valence-electron chi connectivity index (χ4n) is 1.10. The zero-order valence-corrected chi connectivity index (χ0v) is 10.7. The van der Waals surface area contributed by atoms with Crippen LogP contribution in [0.15, 0.2) is 24.3 Å². The first-order valence-corrected chi connectivity index (χ1v) is 5.32. The van der Waals surface area contributed by atoms with E-state index < -0.39 is 0 Å². The van der Waals surface area contributed by atoms with E-state index in [-0.39, 0.29) is 11.8 Å². The SMILES string of the molecule is CC(=O)N(S)c1ccc(N(S)C(C)=O)cc1. The first-order chi connectivity index (χ1) is 7.43. The van der Waals surface area contributed by atoms with Crippen molar-refractivity contribution in [1.82, 2.24) is 0 Å². The molecule has 0 atom stereocenters. The van der Waals surface area contributed by atoms with Gasteiger partial charge >= 0.3 is 0 Å². The Morgan fingerprint density at radius 3 is 1.31 bits per heavy atom. The Labute approximate surface area is 105 Å². The molecule has 0 aliphatic heterocycles. The molecule has 1 aromatic carbocycles. The summed E-state index contributed by atoms with van der Waals surface area (Å²) >= 11 is 8.05. The van der Waals surface area contributed by atoms with Crippen molar-refractivity contribution in [2.45, 2.75) is 13.8 Å². The normalized spacial score (nSPS) is 9.75. The molecule has 1 rings (SSSR count). The van der Waals surface area contributed by atoms with Gasteiger partial charge in [0.2, 0.25) is 11.8 Å². The maximum Gasteiger partial charge on any atom is 0.233 e. The van der Waals surface area contributed by atoms with Crippen molar-refractivity contribution in [2.24, 2.45) is 0 Å². The van der Waals surface area contributed by atoms with Gasteiger partial charge in [-0.1, -0.05) is 25.6 Å². The third-order valence-electron chi connectivity index (χ3n) is 1.94. The summed E-state index contributed by atoms with van der Waals surface area (Å²) in [5, 5.41) is 0. The molecule has 0 saturated carbocycles. The first-order valence-electron chi connectivity index (χ1n) is 4.52. The summed E-state index contributed by atoms with van der Waals surface area (Å²) in [5.41, 5.74) is 1.29. The lowest BCUT2D eigenvalue weighted by molar-refractivity contribution is -0.116. The van der Waals surface area contributed by atoms with Gasteiger partial charge < -0.3 is 0 Å². The van der Waals surface area contributed by atoms with E-state index >= 15 is 0 Å². The lowest BCUT2D eigenvalue weighted by Gasteiger charge is -2.16. The highest BCUT2D eigenvalue weighted by atomic mass is 32.1. The number of anilines is 2. The Morgan fingerprint density at radius 1 is 0.875 bits per heavy atom. The molecule has 2 amide bonds. The molecule has 16 heavy (non-hydrogen) atoms. The van der Waals surface area contributed by atoms with Crippen LogP contribution < -0.4 is 8.61 Å². The molecule has 0 fully saturated rings. The second-order valence-electron chi connectivity index (χ2n) is 3.18. The van der Waals surface area contributed by atoms with Crippen LogP contribution in [0.3, 0.4) is 0 Å². The average Bonchev–Trinajstić information content (AvgIpc) is 2.27. The van der Waals surface area contributed by atoms with Crippen molar-refractivity contribution < 1.29 is 9.59 Å². The van der Waals surface area contributed by atoms with Crippen LogP contribution in [0, 0.1) is 0 Å². The zero-order chi connectivity index (χ0) is 12.3. The Kier molecular flexibility index (Phi) is 4.26. The van der Waals surface area contributed by atoms with E-state index in [4.69, 9.17) is 0 Å². The molecule has 1 aromatic rings. The second-order valence-corrected chi connectivity index (χ2v) is 3.98. The predicted octanol–water partition coefficient (Wildman–Crippen LogP) is 2.08. The van der Waals surface area contributed by atoms with Gasteiger partial charge in [-0.15, -0.1) is 0 Å². The van der Waals surface area contributed by atoms with Crippen LogP contribution in [0.25, 0.3) is 0 Å². The Balaban J connectivity index is 2.91. The van der Waals surface area contributed by atoms with Gasteiger partial charge in [0, 0.05) is 13.8 Å². The summed E-state index contributed by atoms with van der Waals surface area (Å²) in [6, 6.07) is 6.76. The van der Waals surface area contributed by atoms with Gasteiger partial charge in [0.1, 0.15) is 0 Å². The van der Waals surface area contributed by atoms with Crippen LogP contribution in [0.4, 0.5) is 11.4 Å². The van der Waals surface area contributed by atoms with Crippen LogP contribution in [-0.4, -0.2) is 11.8 Å². The van der Waals surface area contributed by atoms with Gasteiger partial charge in [0.25, 0.3) is 0 Å². The van der Waals surface area contributed by atoms with Crippen LogP contribution in [-0.2, 0) is 9.59 Å². The molecule has 0 N–H and O–H groups in total. The molecular formula is C10H12N2O2S2. The molecule has 0 saturated heterocycles. The van der Waals surface area contributed by atoms with Crippen LogP contribution >= 0.6 is 25.6 Å². The Hall–Kier alpha value is -1.14. The van der Waals surface area contributed by atoms with E-state index in [2.05, 4.69) is 25.6 Å². The molecular weight excluding hydrogens is 244 g/mol. The summed E-state index contributed by atoms with van der Waals surface area (Å²) in [6.45, 7) is 2.84. The minimum absolute atomic E-state index is 0.176. The van der Waals surface area contributed by atoms with Crippen LogP contribution in [0.5, 0.6) is 0 Å². The number of rotatable bonds is 2. The number of benzene rings is 1. The molecule has 0 aliphatic rings. The van der Waals surface area contributed by atoms with Gasteiger partial charge in [0.05, 0.1) is 11.4 Å². The Bertz CT molecular complexity index is 367. The number of thiol groups is 2. The molecule has 0 heterocycles. The molecule has 0 aliphatic carbocycles. The summed E-state index contributed by atoms with van der Waals surface area (Å²) in [7, 11) is 0. The molecule has 0 radical (unpaired) electrons. The van der Waals surface area contributed by atoms with Gasteiger partial charge in [-0.3, -0.25) is 18.2 Å². The lowest BCUT2D eigenvalue weighted by atomic mass is 10.2. The van der Waals surface area contributed by atoms with Crippen molar-refractivity contribution >= 4 is 48.8 Å². The highest BCUT2D eigenvalue weighted by molar-refractivity contribution is 7.82. The summed E-state index contributed by atoms with van der Waals surface area (Å²) in [6.07, 6.45) is 0. The second kappa shape index (κ2) is 5.27. The van der Waals surface area contributed by atoms with Crippen LogP contribution in [0.2, 0.25) is 0 Å².